The number of thioether (sulfide) groups is 1. The third-order valence-corrected chi connectivity index (χ3v) is 4.65. The van der Waals surface area contributed by atoms with Gasteiger partial charge in [0.05, 0.1) is 13.9 Å². The molecule has 1 heterocycles. The summed E-state index contributed by atoms with van der Waals surface area (Å²) >= 11 is 13.1. The minimum Gasteiger partial charge on any atom is -0.487 e. The van der Waals surface area contributed by atoms with Gasteiger partial charge < -0.3 is 10.1 Å². The molecule has 1 amide bonds. The molecule has 1 saturated heterocycles. The van der Waals surface area contributed by atoms with Crippen molar-refractivity contribution in [3.8, 4) is 5.75 Å². The van der Waals surface area contributed by atoms with E-state index >= 15 is 0 Å². The third-order valence-electron chi connectivity index (χ3n) is 2.31. The Kier molecular flexibility index (Phi) is 5.42. The number of halogens is 2. The zero-order chi connectivity index (χ0) is 14.7. The van der Waals surface area contributed by atoms with Crippen molar-refractivity contribution in [1.82, 2.24) is 5.32 Å². The van der Waals surface area contributed by atoms with Crippen molar-refractivity contribution in [2.45, 2.75) is 0 Å². The lowest BCUT2D eigenvalue weighted by molar-refractivity contribution is -0.115. The Morgan fingerprint density at radius 2 is 2.05 bits per heavy atom. The van der Waals surface area contributed by atoms with Crippen LogP contribution in [0.2, 0.25) is 0 Å². The number of rotatable bonds is 4. The number of hydrogen-bond acceptors (Lipinski definition) is 4. The van der Waals surface area contributed by atoms with Crippen LogP contribution in [0.5, 0.6) is 5.75 Å². The molecule has 0 bridgehead atoms. The number of carbonyl (C=O) groups excluding carboxylic acids is 1. The van der Waals surface area contributed by atoms with Crippen molar-refractivity contribution in [3.05, 3.63) is 44.2 Å². The van der Waals surface area contributed by atoms with Crippen LogP contribution in [0.1, 0.15) is 5.56 Å². The van der Waals surface area contributed by atoms with Crippen LogP contribution in [0.3, 0.4) is 0 Å². The van der Waals surface area contributed by atoms with Gasteiger partial charge in [0.2, 0.25) is 0 Å². The number of hydrogen-bond donors (Lipinski definition) is 1. The summed E-state index contributed by atoms with van der Waals surface area (Å²) in [5.41, 5.74) is 0.872. The number of thiocarbonyl (C=S) groups is 1. The summed E-state index contributed by atoms with van der Waals surface area (Å²) in [6.07, 6.45) is 3.46. The van der Waals surface area contributed by atoms with E-state index in [2.05, 4.69) is 43.8 Å². The Balaban J connectivity index is 2.31. The topological polar surface area (TPSA) is 38.3 Å². The average molecular weight is 435 g/mol. The van der Waals surface area contributed by atoms with Gasteiger partial charge in [-0.15, -0.1) is 0 Å². The predicted octanol–water partition coefficient (Wildman–Crippen LogP) is 4.27. The molecule has 3 nitrogen and oxygen atoms in total. The number of amides is 1. The molecule has 1 aromatic carbocycles. The lowest BCUT2D eigenvalue weighted by Crippen LogP contribution is -2.17. The molecular weight excluding hydrogens is 426 g/mol. The molecule has 0 spiro atoms. The van der Waals surface area contributed by atoms with Crippen molar-refractivity contribution in [3.63, 3.8) is 0 Å². The highest BCUT2D eigenvalue weighted by Gasteiger charge is 2.22. The van der Waals surface area contributed by atoms with Crippen LogP contribution in [0.15, 0.2) is 38.6 Å². The zero-order valence-corrected chi connectivity index (χ0v) is 14.9. The van der Waals surface area contributed by atoms with Gasteiger partial charge in [-0.3, -0.25) is 4.79 Å². The molecule has 0 aliphatic carbocycles. The molecule has 20 heavy (non-hydrogen) atoms. The van der Waals surface area contributed by atoms with Gasteiger partial charge in [0.25, 0.3) is 5.91 Å². The molecule has 1 N–H and O–H groups in total. The summed E-state index contributed by atoms with van der Waals surface area (Å²) in [6.45, 7) is 4.03. The van der Waals surface area contributed by atoms with Crippen molar-refractivity contribution < 1.29 is 9.53 Å². The lowest BCUT2D eigenvalue weighted by atomic mass is 10.2. The fraction of sp³-hybridized carbons (Fsp3) is 0.0769. The molecule has 1 aliphatic heterocycles. The van der Waals surface area contributed by atoms with Gasteiger partial charge in [-0.1, -0.05) is 36.6 Å². The quantitative estimate of drug-likeness (QED) is 0.436. The van der Waals surface area contributed by atoms with Crippen LogP contribution >= 0.6 is 55.8 Å². The Labute approximate surface area is 143 Å². The number of carbonyl (C=O) groups is 1. The van der Waals surface area contributed by atoms with E-state index in [0.29, 0.717) is 21.6 Å². The maximum absolute atomic E-state index is 11.6. The van der Waals surface area contributed by atoms with E-state index in [0.717, 1.165) is 14.5 Å². The van der Waals surface area contributed by atoms with Crippen LogP contribution in [-0.4, -0.2) is 16.8 Å². The van der Waals surface area contributed by atoms with Gasteiger partial charge >= 0.3 is 0 Å². The van der Waals surface area contributed by atoms with E-state index in [-0.39, 0.29) is 5.91 Å². The molecule has 1 aromatic rings. The van der Waals surface area contributed by atoms with E-state index in [1.165, 1.54) is 11.8 Å². The molecule has 0 unspecified atom stereocenters. The van der Waals surface area contributed by atoms with Gasteiger partial charge in [0.15, 0.2) is 0 Å². The SMILES string of the molecule is C=CCOc1c(Br)cc(C=C2SC(=S)NC2=O)cc1Br. The van der Waals surface area contributed by atoms with Crippen LogP contribution in [0, 0.1) is 0 Å². The summed E-state index contributed by atoms with van der Waals surface area (Å²) in [7, 11) is 0. The predicted molar refractivity (Wildman–Crippen MR) is 93.8 cm³/mol. The highest BCUT2D eigenvalue weighted by Crippen LogP contribution is 2.36. The molecule has 0 aromatic heterocycles. The van der Waals surface area contributed by atoms with Crippen LogP contribution in [-0.2, 0) is 4.79 Å². The van der Waals surface area contributed by atoms with Gasteiger partial charge in [0, 0.05) is 0 Å². The van der Waals surface area contributed by atoms with Gasteiger partial charge in [-0.25, -0.2) is 0 Å². The fourth-order valence-electron chi connectivity index (χ4n) is 1.52. The van der Waals surface area contributed by atoms with Gasteiger partial charge in [0.1, 0.15) is 16.7 Å². The number of ether oxygens (including phenoxy) is 1. The minimum absolute atomic E-state index is 0.167. The maximum Gasteiger partial charge on any atom is 0.263 e. The van der Waals surface area contributed by atoms with E-state index < -0.39 is 0 Å². The van der Waals surface area contributed by atoms with E-state index in [4.69, 9.17) is 17.0 Å². The fourth-order valence-corrected chi connectivity index (χ4v) is 4.01. The second kappa shape index (κ2) is 6.89. The summed E-state index contributed by atoms with van der Waals surface area (Å²) in [4.78, 5) is 12.2. The molecule has 2 rings (SSSR count). The lowest BCUT2D eigenvalue weighted by Gasteiger charge is -2.09. The molecule has 0 saturated carbocycles. The summed E-state index contributed by atoms with van der Waals surface area (Å²) in [6, 6.07) is 3.76. The second-order valence-electron chi connectivity index (χ2n) is 3.77. The number of nitrogens with one attached hydrogen (secondary N) is 1. The summed E-state index contributed by atoms with van der Waals surface area (Å²) in [5, 5.41) is 2.58. The second-order valence-corrected chi connectivity index (χ2v) is 7.19. The molecule has 7 heteroatoms. The molecule has 1 fully saturated rings. The average Bonchev–Trinajstić information content (AvgIpc) is 2.67. The standard InChI is InChI=1S/C13H9Br2NO2S2/c1-2-3-18-11-8(14)4-7(5-9(11)15)6-10-12(17)16-13(19)20-10/h2,4-6H,1,3H2,(H,16,17,19). The Morgan fingerprint density at radius 3 is 2.55 bits per heavy atom. The Bertz CT molecular complexity index is 606. The minimum atomic E-state index is -0.167. The van der Waals surface area contributed by atoms with Crippen molar-refractivity contribution in [2.75, 3.05) is 6.61 Å². The largest absolute Gasteiger partial charge is 0.487 e. The molecule has 104 valence electrons. The molecule has 0 atom stereocenters. The monoisotopic (exact) mass is 433 g/mol. The van der Waals surface area contributed by atoms with E-state index in [9.17, 15) is 4.79 Å². The van der Waals surface area contributed by atoms with Crippen LogP contribution in [0.25, 0.3) is 6.08 Å². The van der Waals surface area contributed by atoms with Crippen molar-refractivity contribution in [2.24, 2.45) is 0 Å². The Hall–Kier alpha value is -0.630. The van der Waals surface area contributed by atoms with E-state index in [1.54, 1.807) is 12.2 Å². The van der Waals surface area contributed by atoms with Crippen LogP contribution < -0.4 is 10.1 Å². The smallest absolute Gasteiger partial charge is 0.263 e. The molecule has 1 aliphatic rings. The first kappa shape index (κ1) is 15.8. The highest BCUT2D eigenvalue weighted by molar-refractivity contribution is 9.11. The molecular formula is C13H9Br2NO2S2. The number of benzene rings is 1. The van der Waals surface area contributed by atoms with Gasteiger partial charge in [-0.2, -0.15) is 0 Å². The van der Waals surface area contributed by atoms with Crippen LogP contribution in [0.4, 0.5) is 0 Å². The van der Waals surface area contributed by atoms with E-state index in [1.807, 2.05) is 12.1 Å². The molecule has 0 radical (unpaired) electrons. The first-order valence-electron chi connectivity index (χ1n) is 5.49. The zero-order valence-electron chi connectivity index (χ0n) is 10.1. The Morgan fingerprint density at radius 1 is 1.40 bits per heavy atom. The maximum atomic E-state index is 11.6. The highest BCUT2D eigenvalue weighted by atomic mass is 79.9. The summed E-state index contributed by atoms with van der Waals surface area (Å²) < 4.78 is 7.61. The van der Waals surface area contributed by atoms with Gasteiger partial charge in [-0.05, 0) is 55.6 Å². The van der Waals surface area contributed by atoms with Crippen molar-refractivity contribution >= 4 is 72.1 Å². The normalized spacial score (nSPS) is 16.4. The first-order valence-corrected chi connectivity index (χ1v) is 8.30. The third kappa shape index (κ3) is 3.72. The summed E-state index contributed by atoms with van der Waals surface area (Å²) in [5.74, 6) is 0.533. The first-order chi connectivity index (χ1) is 9.51. The van der Waals surface area contributed by atoms with Crippen molar-refractivity contribution in [1.29, 1.82) is 0 Å².